The number of carbonyl (C=O) groups is 1. The Labute approximate surface area is 152 Å². The average Bonchev–Trinajstić information content (AvgIpc) is 3.31. The molecule has 2 aromatic heterocycles. The average molecular weight is 350 g/mol. The van der Waals surface area contributed by atoms with Crippen molar-refractivity contribution in [2.75, 3.05) is 18.0 Å². The van der Waals surface area contributed by atoms with Crippen molar-refractivity contribution in [1.29, 1.82) is 0 Å². The molecule has 3 heterocycles. The van der Waals surface area contributed by atoms with Crippen LogP contribution in [0.1, 0.15) is 24.0 Å². The van der Waals surface area contributed by atoms with Crippen molar-refractivity contribution in [3.63, 3.8) is 0 Å². The van der Waals surface area contributed by atoms with Crippen LogP contribution in [0.5, 0.6) is 0 Å². The number of nitrogens with one attached hydrogen (secondary N) is 1. The van der Waals surface area contributed by atoms with Gasteiger partial charge in [0.25, 0.3) is 0 Å². The number of anilines is 1. The number of benzene rings is 1. The highest BCUT2D eigenvalue weighted by Gasteiger charge is 2.19. The SMILES string of the molecule is Cc1ccc(CNC(=O)Cn2ncc3c(N4CCCC4)ncnc32)cc1. The van der Waals surface area contributed by atoms with Crippen LogP contribution in [0.4, 0.5) is 5.82 Å². The zero-order chi connectivity index (χ0) is 17.9. The van der Waals surface area contributed by atoms with Gasteiger partial charge in [0, 0.05) is 19.6 Å². The highest BCUT2D eigenvalue weighted by Crippen LogP contribution is 2.25. The molecule has 1 saturated heterocycles. The van der Waals surface area contributed by atoms with Crippen LogP contribution >= 0.6 is 0 Å². The maximum atomic E-state index is 12.3. The van der Waals surface area contributed by atoms with E-state index in [-0.39, 0.29) is 12.5 Å². The highest BCUT2D eigenvalue weighted by atomic mass is 16.2. The van der Waals surface area contributed by atoms with Gasteiger partial charge in [0.15, 0.2) is 5.65 Å². The first-order valence-corrected chi connectivity index (χ1v) is 8.94. The predicted molar refractivity (Wildman–Crippen MR) is 99.8 cm³/mol. The van der Waals surface area contributed by atoms with Crippen LogP contribution in [0.2, 0.25) is 0 Å². The standard InChI is InChI=1S/C19H22N6O/c1-14-4-6-15(7-5-14)10-20-17(26)12-25-19-16(11-23-25)18(21-13-22-19)24-8-2-3-9-24/h4-7,11,13H,2-3,8-10,12H2,1H3,(H,20,26). The zero-order valence-corrected chi connectivity index (χ0v) is 14.9. The van der Waals surface area contributed by atoms with Crippen molar-refractivity contribution in [3.8, 4) is 0 Å². The second-order valence-corrected chi connectivity index (χ2v) is 6.69. The molecule has 1 aliphatic heterocycles. The first kappa shape index (κ1) is 16.5. The van der Waals surface area contributed by atoms with Gasteiger partial charge in [-0.2, -0.15) is 5.10 Å². The molecule has 1 aromatic carbocycles. The lowest BCUT2D eigenvalue weighted by atomic mass is 10.1. The molecule has 0 spiro atoms. The first-order chi connectivity index (χ1) is 12.7. The lowest BCUT2D eigenvalue weighted by Crippen LogP contribution is -2.27. The van der Waals surface area contributed by atoms with Gasteiger partial charge in [-0.15, -0.1) is 0 Å². The summed E-state index contributed by atoms with van der Waals surface area (Å²) in [5, 5.41) is 8.20. The summed E-state index contributed by atoms with van der Waals surface area (Å²) in [4.78, 5) is 23.3. The molecular formula is C19H22N6O. The van der Waals surface area contributed by atoms with Gasteiger partial charge in [-0.3, -0.25) is 4.79 Å². The molecule has 7 nitrogen and oxygen atoms in total. The van der Waals surface area contributed by atoms with E-state index in [1.165, 1.54) is 18.4 Å². The normalized spacial score (nSPS) is 14.1. The molecule has 0 bridgehead atoms. The third-order valence-electron chi connectivity index (χ3n) is 4.72. The molecule has 0 radical (unpaired) electrons. The van der Waals surface area contributed by atoms with E-state index in [1.54, 1.807) is 17.2 Å². The number of fused-ring (bicyclic) bond motifs is 1. The minimum atomic E-state index is -0.0862. The van der Waals surface area contributed by atoms with Gasteiger partial charge in [-0.1, -0.05) is 29.8 Å². The molecule has 3 aromatic rings. The van der Waals surface area contributed by atoms with E-state index in [0.717, 1.165) is 29.9 Å². The number of carbonyl (C=O) groups excluding carboxylic acids is 1. The Morgan fingerprint density at radius 1 is 1.15 bits per heavy atom. The monoisotopic (exact) mass is 350 g/mol. The zero-order valence-electron chi connectivity index (χ0n) is 14.9. The predicted octanol–water partition coefficient (Wildman–Crippen LogP) is 2.05. The summed E-state index contributed by atoms with van der Waals surface area (Å²) < 4.78 is 1.64. The molecule has 0 unspecified atom stereocenters. The van der Waals surface area contributed by atoms with Gasteiger partial charge >= 0.3 is 0 Å². The van der Waals surface area contributed by atoms with Crippen LogP contribution in [0.3, 0.4) is 0 Å². The molecule has 26 heavy (non-hydrogen) atoms. The number of rotatable bonds is 5. The van der Waals surface area contributed by atoms with Gasteiger partial charge in [0.2, 0.25) is 5.91 Å². The second-order valence-electron chi connectivity index (χ2n) is 6.69. The summed E-state index contributed by atoms with van der Waals surface area (Å²) in [6, 6.07) is 8.13. The van der Waals surface area contributed by atoms with Crippen molar-refractivity contribution in [1.82, 2.24) is 25.1 Å². The Kier molecular flexibility index (Phi) is 4.51. The summed E-state index contributed by atoms with van der Waals surface area (Å²) in [5.41, 5.74) is 2.98. The van der Waals surface area contributed by atoms with Crippen LogP contribution in [-0.4, -0.2) is 38.7 Å². The number of aryl methyl sites for hydroxylation is 1. The molecule has 1 N–H and O–H groups in total. The van der Waals surface area contributed by atoms with Gasteiger partial charge in [0.05, 0.1) is 11.6 Å². The molecule has 4 rings (SSSR count). The Bertz CT molecular complexity index is 911. The van der Waals surface area contributed by atoms with Gasteiger partial charge in [0.1, 0.15) is 18.7 Å². The van der Waals surface area contributed by atoms with E-state index in [4.69, 9.17) is 0 Å². The quantitative estimate of drug-likeness (QED) is 0.762. The molecule has 134 valence electrons. The summed E-state index contributed by atoms with van der Waals surface area (Å²) in [6.45, 7) is 4.71. The van der Waals surface area contributed by atoms with Gasteiger partial charge < -0.3 is 10.2 Å². The lowest BCUT2D eigenvalue weighted by Gasteiger charge is -2.16. The van der Waals surface area contributed by atoms with E-state index >= 15 is 0 Å². The molecule has 0 atom stereocenters. The number of amides is 1. The third-order valence-corrected chi connectivity index (χ3v) is 4.72. The minimum Gasteiger partial charge on any atom is -0.356 e. The van der Waals surface area contributed by atoms with Gasteiger partial charge in [-0.25, -0.2) is 14.6 Å². The number of nitrogens with zero attached hydrogens (tertiary/aromatic N) is 5. The molecule has 1 aliphatic rings. The van der Waals surface area contributed by atoms with Crippen LogP contribution < -0.4 is 10.2 Å². The number of hydrogen-bond acceptors (Lipinski definition) is 5. The maximum Gasteiger partial charge on any atom is 0.242 e. The van der Waals surface area contributed by atoms with Crippen molar-refractivity contribution in [3.05, 3.63) is 47.9 Å². The summed E-state index contributed by atoms with van der Waals surface area (Å²) in [5.74, 6) is 0.829. The fraction of sp³-hybridized carbons (Fsp3) is 0.368. The minimum absolute atomic E-state index is 0.0862. The topological polar surface area (TPSA) is 75.9 Å². The van der Waals surface area contributed by atoms with Crippen LogP contribution in [0.15, 0.2) is 36.8 Å². The van der Waals surface area contributed by atoms with E-state index in [9.17, 15) is 4.79 Å². The molecule has 1 amide bonds. The van der Waals surface area contributed by atoms with Gasteiger partial charge in [-0.05, 0) is 25.3 Å². The Balaban J connectivity index is 1.46. The second kappa shape index (κ2) is 7.11. The molecular weight excluding hydrogens is 328 g/mol. The van der Waals surface area contributed by atoms with Crippen molar-refractivity contribution >= 4 is 22.8 Å². The largest absolute Gasteiger partial charge is 0.356 e. The number of hydrogen-bond donors (Lipinski definition) is 1. The van der Waals surface area contributed by atoms with Crippen molar-refractivity contribution < 1.29 is 4.79 Å². The Morgan fingerprint density at radius 3 is 2.69 bits per heavy atom. The Hall–Kier alpha value is -2.96. The Morgan fingerprint density at radius 2 is 1.92 bits per heavy atom. The van der Waals surface area contributed by atoms with E-state index in [0.29, 0.717) is 12.2 Å². The fourth-order valence-corrected chi connectivity index (χ4v) is 3.28. The highest BCUT2D eigenvalue weighted by molar-refractivity contribution is 5.88. The number of aromatic nitrogens is 4. The molecule has 0 aliphatic carbocycles. The van der Waals surface area contributed by atoms with E-state index < -0.39 is 0 Å². The molecule has 1 fully saturated rings. The summed E-state index contributed by atoms with van der Waals surface area (Å²) >= 11 is 0. The fourth-order valence-electron chi connectivity index (χ4n) is 3.28. The van der Waals surface area contributed by atoms with Crippen molar-refractivity contribution in [2.45, 2.75) is 32.9 Å². The van der Waals surface area contributed by atoms with Crippen molar-refractivity contribution in [2.24, 2.45) is 0 Å². The third kappa shape index (κ3) is 3.37. The van der Waals surface area contributed by atoms with Crippen LogP contribution in [0, 0.1) is 6.92 Å². The smallest absolute Gasteiger partial charge is 0.242 e. The summed E-state index contributed by atoms with van der Waals surface area (Å²) in [6.07, 6.45) is 5.68. The van der Waals surface area contributed by atoms with Crippen LogP contribution in [0.25, 0.3) is 11.0 Å². The van der Waals surface area contributed by atoms with Crippen LogP contribution in [-0.2, 0) is 17.9 Å². The lowest BCUT2D eigenvalue weighted by molar-refractivity contribution is -0.121. The van der Waals surface area contributed by atoms with E-state index in [1.807, 2.05) is 31.2 Å². The summed E-state index contributed by atoms with van der Waals surface area (Å²) in [7, 11) is 0. The molecule has 0 saturated carbocycles. The maximum absolute atomic E-state index is 12.3. The van der Waals surface area contributed by atoms with E-state index in [2.05, 4.69) is 25.3 Å². The molecule has 7 heteroatoms. The first-order valence-electron chi connectivity index (χ1n) is 8.94.